The summed E-state index contributed by atoms with van der Waals surface area (Å²) in [5.74, 6) is 8.73. The number of rotatable bonds is 6. The molecule has 0 fully saturated rings. The van der Waals surface area contributed by atoms with Gasteiger partial charge in [0, 0.05) is 5.41 Å². The van der Waals surface area contributed by atoms with Crippen molar-refractivity contribution in [1.82, 2.24) is 0 Å². The Bertz CT molecular complexity index is 2680. The molecule has 18 heteroatoms. The van der Waals surface area contributed by atoms with Crippen molar-refractivity contribution in [2.45, 2.75) is 39.5 Å². The number of ether oxygens (including phenoxy) is 12. The summed E-state index contributed by atoms with van der Waals surface area (Å²) in [5.41, 5.74) is -0.142. The van der Waals surface area contributed by atoms with E-state index in [0.717, 1.165) is 87.9 Å². The SMILES string of the molecule is CCc1sc(-c2sc(-c3sc(-c4sc(-c5sc(-c6sc(C(C)(C)C)c7c6OCCO7)c6c5OCCO6)c5c4OCCO5)c4c3OCCO4)c3c2OCCO3)c2c1OCCO2. The first-order valence-corrected chi connectivity index (χ1v) is 24.8. The summed E-state index contributed by atoms with van der Waals surface area (Å²) in [6.07, 6.45) is 0.840. The molecule has 0 amide bonds. The summed E-state index contributed by atoms with van der Waals surface area (Å²) in [7, 11) is 0. The lowest BCUT2D eigenvalue weighted by Crippen LogP contribution is -2.18. The van der Waals surface area contributed by atoms with Gasteiger partial charge in [0.1, 0.15) is 79.3 Å². The summed E-state index contributed by atoms with van der Waals surface area (Å²) in [6, 6.07) is 0. The highest BCUT2D eigenvalue weighted by molar-refractivity contribution is 7.32. The second-order valence-corrected chi connectivity index (χ2v) is 21.6. The predicted molar refractivity (Wildman–Crippen MR) is 235 cm³/mol. The van der Waals surface area contributed by atoms with Gasteiger partial charge in [-0.2, -0.15) is 0 Å². The van der Waals surface area contributed by atoms with Crippen LogP contribution in [0.5, 0.6) is 69.0 Å². The smallest absolute Gasteiger partial charge is 0.181 e. The molecule has 6 aromatic heterocycles. The van der Waals surface area contributed by atoms with Crippen molar-refractivity contribution >= 4 is 68.0 Å². The minimum atomic E-state index is -0.142. The molecule has 6 aromatic rings. The Morgan fingerprint density at radius 1 is 0.300 bits per heavy atom. The number of hydrogen-bond acceptors (Lipinski definition) is 18. The van der Waals surface area contributed by atoms with Gasteiger partial charge in [-0.15, -0.1) is 68.0 Å². The van der Waals surface area contributed by atoms with E-state index in [2.05, 4.69) is 27.7 Å². The van der Waals surface area contributed by atoms with Crippen LogP contribution in [0.2, 0.25) is 0 Å². The van der Waals surface area contributed by atoms with Crippen LogP contribution in [0.3, 0.4) is 0 Å². The number of thiophene rings is 6. The maximum atomic E-state index is 6.51. The van der Waals surface area contributed by atoms with E-state index in [1.165, 1.54) is 0 Å². The number of fused-ring (bicyclic) bond motifs is 6. The van der Waals surface area contributed by atoms with Crippen molar-refractivity contribution in [3.05, 3.63) is 9.75 Å². The van der Waals surface area contributed by atoms with Gasteiger partial charge in [-0.05, 0) is 6.42 Å². The lowest BCUT2D eigenvalue weighted by Gasteiger charge is -2.22. The van der Waals surface area contributed by atoms with Gasteiger partial charge in [-0.1, -0.05) is 27.7 Å². The van der Waals surface area contributed by atoms with Crippen LogP contribution < -0.4 is 56.8 Å². The van der Waals surface area contributed by atoms with Gasteiger partial charge in [0.15, 0.2) is 69.0 Å². The maximum Gasteiger partial charge on any atom is 0.181 e. The molecule has 12 rings (SSSR count). The van der Waals surface area contributed by atoms with E-state index < -0.39 is 0 Å². The van der Waals surface area contributed by atoms with Gasteiger partial charge in [-0.3, -0.25) is 0 Å². The zero-order chi connectivity index (χ0) is 40.3. The molecule has 6 aliphatic heterocycles. The van der Waals surface area contributed by atoms with Gasteiger partial charge in [0.05, 0.1) is 58.5 Å². The molecule has 0 N–H and O–H groups in total. The molecular weight excluding hydrogens is 889 g/mol. The fourth-order valence-corrected chi connectivity index (χ4v) is 15.7. The molecule has 6 aliphatic rings. The molecule has 12 heterocycles. The third-order valence-electron chi connectivity index (χ3n) is 10.5. The Kier molecular flexibility index (Phi) is 9.04. The monoisotopic (exact) mass is 926 g/mol. The molecule has 0 saturated heterocycles. The maximum absolute atomic E-state index is 6.51. The van der Waals surface area contributed by atoms with E-state index in [1.807, 2.05) is 0 Å². The number of aryl methyl sites for hydroxylation is 1. The largest absolute Gasteiger partial charge is 0.485 e. The fourth-order valence-electron chi connectivity index (χ4n) is 7.98. The molecule has 0 aliphatic carbocycles. The first-order valence-electron chi connectivity index (χ1n) is 19.9. The van der Waals surface area contributed by atoms with E-state index >= 15 is 0 Å². The van der Waals surface area contributed by atoms with Crippen LogP contribution in [-0.2, 0) is 11.8 Å². The van der Waals surface area contributed by atoms with Gasteiger partial charge >= 0.3 is 0 Å². The third kappa shape index (κ3) is 5.73. The summed E-state index contributed by atoms with van der Waals surface area (Å²) >= 11 is 9.82. The van der Waals surface area contributed by atoms with Crippen molar-refractivity contribution in [1.29, 1.82) is 0 Å². The molecule has 12 nitrogen and oxygen atoms in total. The minimum absolute atomic E-state index is 0.142. The normalized spacial score (nSPS) is 17.2. The van der Waals surface area contributed by atoms with Crippen molar-refractivity contribution in [3.8, 4) is 118 Å². The standard InChI is InChI=1S/C42H38O12S6/c1-5-18-19-20(44-7-6-43-19)31(55-18)32-21-22(46-9-8-45-21)33(56-32)34-23-24(48-11-10-47-23)35(57-34)36-25-26(50-13-12-49-25)37(58-36)38-27-28(52-15-14-51-27)39(59-38)40-29-30(54-17-16-53-29)41(60-40)42(2,3)4/h5-17H2,1-4H3. The van der Waals surface area contributed by atoms with E-state index in [4.69, 9.17) is 56.8 Å². The lowest BCUT2D eigenvalue weighted by atomic mass is 9.94. The highest BCUT2D eigenvalue weighted by Gasteiger charge is 2.41. The molecule has 0 saturated carbocycles. The van der Waals surface area contributed by atoms with Gasteiger partial charge in [-0.25, -0.2) is 0 Å². The Labute approximate surface area is 368 Å². The Hall–Kier alpha value is -4.20. The van der Waals surface area contributed by atoms with Crippen LogP contribution in [0, 0.1) is 0 Å². The predicted octanol–water partition coefficient (Wildman–Crippen LogP) is 10.9. The first kappa shape index (κ1) is 37.6. The summed E-state index contributed by atoms with van der Waals surface area (Å²) in [4.78, 5) is 11.6. The lowest BCUT2D eigenvalue weighted by molar-refractivity contribution is 0.170. The molecular formula is C42H38O12S6. The second kappa shape index (κ2) is 14.4. The molecule has 0 aromatic carbocycles. The summed E-state index contributed by atoms with van der Waals surface area (Å²) < 4.78 is 76.7. The van der Waals surface area contributed by atoms with Crippen molar-refractivity contribution in [2.75, 3.05) is 79.3 Å². The van der Waals surface area contributed by atoms with Gasteiger partial charge < -0.3 is 56.8 Å². The topological polar surface area (TPSA) is 111 Å². The van der Waals surface area contributed by atoms with E-state index in [9.17, 15) is 0 Å². The highest BCUT2D eigenvalue weighted by Crippen LogP contribution is 2.68. The van der Waals surface area contributed by atoms with E-state index in [-0.39, 0.29) is 5.41 Å². The van der Waals surface area contributed by atoms with Crippen LogP contribution in [0.25, 0.3) is 48.8 Å². The highest BCUT2D eigenvalue weighted by atomic mass is 32.1. The molecule has 0 radical (unpaired) electrons. The molecule has 314 valence electrons. The van der Waals surface area contributed by atoms with Crippen molar-refractivity contribution in [2.24, 2.45) is 0 Å². The Morgan fingerprint density at radius 3 is 0.800 bits per heavy atom. The third-order valence-corrected chi connectivity index (χ3v) is 18.8. The quantitative estimate of drug-likeness (QED) is 0.159. The fraction of sp³-hybridized carbons (Fsp3) is 0.429. The van der Waals surface area contributed by atoms with Crippen molar-refractivity contribution in [3.63, 3.8) is 0 Å². The number of hydrogen-bond donors (Lipinski definition) is 0. The summed E-state index contributed by atoms with van der Waals surface area (Å²) in [5, 5.41) is 0. The van der Waals surface area contributed by atoms with Gasteiger partial charge in [0.2, 0.25) is 0 Å². The molecule has 0 atom stereocenters. The minimum Gasteiger partial charge on any atom is -0.485 e. The summed E-state index contributed by atoms with van der Waals surface area (Å²) in [6.45, 7) is 14.2. The second-order valence-electron chi connectivity index (χ2n) is 15.4. The van der Waals surface area contributed by atoms with E-state index in [0.29, 0.717) is 125 Å². The zero-order valence-electron chi connectivity index (χ0n) is 33.0. The van der Waals surface area contributed by atoms with Gasteiger partial charge in [0.25, 0.3) is 0 Å². The van der Waals surface area contributed by atoms with Crippen LogP contribution in [0.15, 0.2) is 0 Å². The molecule has 0 bridgehead atoms. The Balaban J connectivity index is 1.02. The van der Waals surface area contributed by atoms with Crippen LogP contribution in [-0.4, -0.2) is 79.3 Å². The molecule has 0 unspecified atom stereocenters. The zero-order valence-corrected chi connectivity index (χ0v) is 37.9. The first-order chi connectivity index (χ1) is 29.4. The van der Waals surface area contributed by atoms with Crippen LogP contribution in [0.4, 0.5) is 0 Å². The molecule has 60 heavy (non-hydrogen) atoms. The average Bonchev–Trinajstić information content (AvgIpc) is 4.13. The van der Waals surface area contributed by atoms with Crippen molar-refractivity contribution < 1.29 is 56.8 Å². The average molecular weight is 927 g/mol. The van der Waals surface area contributed by atoms with E-state index in [1.54, 1.807) is 68.0 Å². The molecule has 0 spiro atoms. The Morgan fingerprint density at radius 2 is 0.517 bits per heavy atom. The van der Waals surface area contributed by atoms with Crippen LogP contribution >= 0.6 is 68.0 Å². The van der Waals surface area contributed by atoms with Crippen LogP contribution in [0.1, 0.15) is 37.4 Å².